The molecule has 1 heterocycles. The Kier molecular flexibility index (Phi) is 6.32. The van der Waals surface area contributed by atoms with E-state index in [2.05, 4.69) is 23.9 Å². The van der Waals surface area contributed by atoms with Crippen LogP contribution in [0.15, 0.2) is 0 Å². The molecular formula is C13H22N2O5S. The first-order chi connectivity index (χ1) is 9.75. The second-order valence-electron chi connectivity index (χ2n) is 5.47. The van der Waals surface area contributed by atoms with Crippen molar-refractivity contribution in [1.29, 1.82) is 0 Å². The molecule has 7 nitrogen and oxygen atoms in total. The number of carbonyl (C=O) groups excluding carboxylic acids is 2. The molecule has 2 amide bonds. The number of nitrogens with zero attached hydrogens (tertiary/aromatic N) is 1. The number of urea groups is 1. The normalized spacial score (nSPS) is 19.3. The van der Waals surface area contributed by atoms with Gasteiger partial charge in [0.2, 0.25) is 0 Å². The molecule has 0 unspecified atom stereocenters. The quantitative estimate of drug-likeness (QED) is 0.749. The third kappa shape index (κ3) is 5.82. The third-order valence-electron chi connectivity index (χ3n) is 3.32. The molecule has 1 rings (SSSR count). The highest BCUT2D eigenvalue weighted by atomic mass is 32.2. The summed E-state index contributed by atoms with van der Waals surface area (Å²) < 4.78 is 4.54. The van der Waals surface area contributed by atoms with Gasteiger partial charge in [0.1, 0.15) is 6.04 Å². The highest BCUT2D eigenvalue weighted by Crippen LogP contribution is 2.30. The number of ether oxygens (including phenoxy) is 1. The van der Waals surface area contributed by atoms with Crippen LogP contribution in [0.5, 0.6) is 0 Å². The van der Waals surface area contributed by atoms with Crippen molar-refractivity contribution in [3.63, 3.8) is 0 Å². The number of hydrogen-bond donors (Lipinski definition) is 2. The lowest BCUT2D eigenvalue weighted by Gasteiger charge is -2.24. The minimum absolute atomic E-state index is 0.104. The highest BCUT2D eigenvalue weighted by Gasteiger charge is 2.29. The molecule has 1 aliphatic rings. The van der Waals surface area contributed by atoms with Crippen LogP contribution in [0, 0.1) is 0 Å². The first-order valence-corrected chi connectivity index (χ1v) is 7.73. The van der Waals surface area contributed by atoms with Crippen LogP contribution in [-0.4, -0.2) is 64.7 Å². The largest absolute Gasteiger partial charge is 0.480 e. The molecule has 0 saturated carbocycles. The van der Waals surface area contributed by atoms with Gasteiger partial charge in [-0.3, -0.25) is 4.79 Å². The van der Waals surface area contributed by atoms with Gasteiger partial charge in [-0.1, -0.05) is 13.8 Å². The van der Waals surface area contributed by atoms with Crippen LogP contribution in [0.3, 0.4) is 0 Å². The predicted octanol–water partition coefficient (Wildman–Crippen LogP) is 0.930. The van der Waals surface area contributed by atoms with E-state index in [4.69, 9.17) is 5.11 Å². The molecule has 0 aliphatic carbocycles. The lowest BCUT2D eigenvalue weighted by atomic mass is 10.1. The molecule has 2 N–H and O–H groups in total. The molecule has 1 aliphatic heterocycles. The number of aliphatic carboxylic acids is 1. The van der Waals surface area contributed by atoms with Crippen molar-refractivity contribution in [3.8, 4) is 0 Å². The predicted molar refractivity (Wildman–Crippen MR) is 79.3 cm³/mol. The van der Waals surface area contributed by atoms with Crippen LogP contribution >= 0.6 is 11.8 Å². The van der Waals surface area contributed by atoms with Gasteiger partial charge in [0.05, 0.1) is 13.5 Å². The number of esters is 1. The second-order valence-corrected chi connectivity index (χ2v) is 7.27. The number of carboxylic acid groups (broad SMARTS) is 1. The van der Waals surface area contributed by atoms with E-state index in [-0.39, 0.29) is 11.2 Å². The van der Waals surface area contributed by atoms with Gasteiger partial charge in [-0.15, -0.1) is 0 Å². The summed E-state index contributed by atoms with van der Waals surface area (Å²) in [5.41, 5.74) is 0. The summed E-state index contributed by atoms with van der Waals surface area (Å²) in [6.07, 6.45) is 0.450. The maximum absolute atomic E-state index is 12.1. The Morgan fingerprint density at radius 3 is 2.62 bits per heavy atom. The Morgan fingerprint density at radius 2 is 2.05 bits per heavy atom. The molecular weight excluding hydrogens is 296 g/mol. The summed E-state index contributed by atoms with van der Waals surface area (Å²) in [6, 6.07) is -1.72. The molecule has 0 aromatic heterocycles. The molecule has 0 aromatic rings. The monoisotopic (exact) mass is 318 g/mol. The molecule has 0 spiro atoms. The Labute approximate surface area is 128 Å². The average Bonchev–Trinajstić information content (AvgIpc) is 2.58. The van der Waals surface area contributed by atoms with E-state index < -0.39 is 24.0 Å². The molecule has 120 valence electrons. The van der Waals surface area contributed by atoms with Crippen molar-refractivity contribution >= 4 is 29.7 Å². The number of carboxylic acids is 1. The molecule has 0 bridgehead atoms. The van der Waals surface area contributed by atoms with Crippen molar-refractivity contribution in [3.05, 3.63) is 0 Å². The van der Waals surface area contributed by atoms with Crippen molar-refractivity contribution in [2.45, 2.75) is 37.5 Å². The zero-order valence-corrected chi connectivity index (χ0v) is 13.4. The Balaban J connectivity index is 2.60. The summed E-state index contributed by atoms with van der Waals surface area (Å²) in [4.78, 5) is 36.0. The van der Waals surface area contributed by atoms with Crippen LogP contribution in [-0.2, 0) is 14.3 Å². The van der Waals surface area contributed by atoms with Crippen LogP contribution in [0.25, 0.3) is 0 Å². The van der Waals surface area contributed by atoms with E-state index in [9.17, 15) is 14.4 Å². The summed E-state index contributed by atoms with van der Waals surface area (Å²) in [5, 5.41) is 11.4. The molecule has 1 saturated heterocycles. The summed E-state index contributed by atoms with van der Waals surface area (Å²) in [7, 11) is 1.18. The molecule has 0 radical (unpaired) electrons. The lowest BCUT2D eigenvalue weighted by Crippen LogP contribution is -2.49. The van der Waals surface area contributed by atoms with E-state index >= 15 is 0 Å². The average molecular weight is 318 g/mol. The van der Waals surface area contributed by atoms with Gasteiger partial charge in [0.25, 0.3) is 0 Å². The smallest absolute Gasteiger partial charge is 0.326 e. The fourth-order valence-corrected chi connectivity index (χ4v) is 3.01. The first kappa shape index (κ1) is 17.6. The number of thioether (sulfide) groups is 1. The number of rotatable bonds is 4. The fourth-order valence-electron chi connectivity index (χ4n) is 1.91. The van der Waals surface area contributed by atoms with Crippen molar-refractivity contribution in [1.82, 2.24) is 10.2 Å². The molecule has 1 fully saturated rings. The molecule has 8 heteroatoms. The van der Waals surface area contributed by atoms with Crippen LogP contribution in [0.4, 0.5) is 4.79 Å². The van der Waals surface area contributed by atoms with Gasteiger partial charge in [-0.25, -0.2) is 9.59 Å². The van der Waals surface area contributed by atoms with Crippen molar-refractivity contribution in [2.75, 3.05) is 26.0 Å². The van der Waals surface area contributed by atoms with Crippen molar-refractivity contribution < 1.29 is 24.2 Å². The van der Waals surface area contributed by atoms with E-state index in [0.29, 0.717) is 13.1 Å². The van der Waals surface area contributed by atoms with E-state index in [0.717, 1.165) is 12.2 Å². The molecule has 0 aromatic carbocycles. The minimum atomic E-state index is -1.27. The number of nitrogens with one attached hydrogen (secondary N) is 1. The number of hydrogen-bond acceptors (Lipinski definition) is 5. The van der Waals surface area contributed by atoms with Crippen molar-refractivity contribution in [2.24, 2.45) is 0 Å². The standard InChI is InChI=1S/C13H22N2O5S/c1-13(2)4-5-15(6-7-21-13)12(19)14-9(11(17)18)8-10(16)20-3/h9H,4-8H2,1-3H3,(H,14,19)(H,17,18)/t9-/m0/s1. The van der Waals surface area contributed by atoms with Crippen LogP contribution in [0.2, 0.25) is 0 Å². The summed E-state index contributed by atoms with van der Waals surface area (Å²) in [6.45, 7) is 5.37. The van der Waals surface area contributed by atoms with E-state index in [1.54, 1.807) is 16.7 Å². The van der Waals surface area contributed by atoms with Crippen LogP contribution in [0.1, 0.15) is 26.7 Å². The topological polar surface area (TPSA) is 95.9 Å². The SMILES string of the molecule is COC(=O)C[C@H](NC(=O)N1CCSC(C)(C)CC1)C(=O)O. The Morgan fingerprint density at radius 1 is 1.38 bits per heavy atom. The number of methoxy groups -OCH3 is 1. The third-order valence-corrected chi connectivity index (χ3v) is 4.69. The summed E-state index contributed by atoms with van der Waals surface area (Å²) in [5.74, 6) is -1.12. The number of amides is 2. The van der Waals surface area contributed by atoms with Crippen LogP contribution < -0.4 is 5.32 Å². The molecule has 1 atom stereocenters. The maximum Gasteiger partial charge on any atom is 0.326 e. The van der Waals surface area contributed by atoms with Gasteiger partial charge in [0.15, 0.2) is 0 Å². The fraction of sp³-hybridized carbons (Fsp3) is 0.769. The molecule has 21 heavy (non-hydrogen) atoms. The van der Waals surface area contributed by atoms with Gasteiger partial charge in [0, 0.05) is 23.6 Å². The van der Waals surface area contributed by atoms with Gasteiger partial charge >= 0.3 is 18.0 Å². The second kappa shape index (κ2) is 7.53. The van der Waals surface area contributed by atoms with E-state index in [1.807, 2.05) is 0 Å². The first-order valence-electron chi connectivity index (χ1n) is 6.74. The Bertz CT molecular complexity index is 413. The minimum Gasteiger partial charge on any atom is -0.480 e. The van der Waals surface area contributed by atoms with E-state index in [1.165, 1.54) is 7.11 Å². The Hall–Kier alpha value is -1.44. The lowest BCUT2D eigenvalue weighted by molar-refractivity contribution is -0.147. The van der Waals surface area contributed by atoms with Gasteiger partial charge in [-0.2, -0.15) is 11.8 Å². The zero-order valence-electron chi connectivity index (χ0n) is 12.5. The zero-order chi connectivity index (χ0) is 16.0. The highest BCUT2D eigenvalue weighted by molar-refractivity contribution is 8.00. The maximum atomic E-state index is 12.1. The van der Waals surface area contributed by atoms with Gasteiger partial charge in [-0.05, 0) is 6.42 Å². The summed E-state index contributed by atoms with van der Waals surface area (Å²) >= 11 is 1.79. The number of carbonyl (C=O) groups is 3. The van der Waals surface area contributed by atoms with Gasteiger partial charge < -0.3 is 20.1 Å².